The maximum absolute atomic E-state index is 14.7. The molecule has 21 rings (SSSR count). The van der Waals surface area contributed by atoms with E-state index in [1.807, 2.05) is 0 Å². The number of aryl methyl sites for hydroxylation is 2. The van der Waals surface area contributed by atoms with Crippen molar-refractivity contribution < 1.29 is 158 Å². The molecular formula is C97H57F20N15O15. The van der Waals surface area contributed by atoms with E-state index in [1.54, 1.807) is 86.8 Å². The van der Waals surface area contributed by atoms with E-state index in [4.69, 9.17) is 46.3 Å². The van der Waals surface area contributed by atoms with Gasteiger partial charge in [-0.05, 0) is 194 Å². The van der Waals surface area contributed by atoms with Crippen molar-refractivity contribution in [2.24, 2.45) is 0 Å². The fraction of sp³-hybridized carbons (Fsp3) is 0.124. The molecule has 0 bridgehead atoms. The molecule has 0 fully saturated rings. The second kappa shape index (κ2) is 42.4. The molecule has 20 aromatic rings. The highest BCUT2D eigenvalue weighted by atomic mass is 19.4. The molecule has 0 N–H and O–H groups in total. The molecule has 30 nitrogen and oxygen atoms in total. The van der Waals surface area contributed by atoms with Gasteiger partial charge >= 0.3 is 31.6 Å². The summed E-state index contributed by atoms with van der Waals surface area (Å²) in [5, 5.41) is 20.7. The summed E-state index contributed by atoms with van der Waals surface area (Å²) in [6, 6.07) is 39.1. The van der Waals surface area contributed by atoms with Crippen LogP contribution in [0.1, 0.15) is 45.8 Å². The van der Waals surface area contributed by atoms with E-state index in [2.05, 4.69) is 99.3 Å². The van der Waals surface area contributed by atoms with Crippen LogP contribution in [0, 0.1) is 48.8 Å². The summed E-state index contributed by atoms with van der Waals surface area (Å²) < 4.78 is 337. The first-order valence-electron chi connectivity index (χ1n) is 42.1. The SMILES string of the molecule is Cc1cc(-c2cc3c(OCc4ncccn4)noc3cc2F)ccc1OC(F)(F)F.Cc1cc(OC(F)(F)F)ccc1-c1cc2c(OCc3ncccn3)noc2cc1F.Fc1cc(C(F)(F)F)ccc1-c1cc2c(OCc3ncccn3)noc2cc1F.Fc1cc2onc(OCc3ncccn3)c2cc1-c1ccc(OC(F)(F)F)cc1.Fc1cc2onc(OCc3ncccn3)c2cc1-c1ccc2c(c1)OC(F)(F)O2. The molecule has 0 unspecified atom stereocenters. The van der Waals surface area contributed by atoms with Gasteiger partial charge in [0.2, 0.25) is 0 Å². The highest BCUT2D eigenvalue weighted by Gasteiger charge is 2.44. The van der Waals surface area contributed by atoms with Crippen LogP contribution in [0.5, 0.6) is 58.1 Å². The Kier molecular flexibility index (Phi) is 28.9. The van der Waals surface area contributed by atoms with Crippen LogP contribution in [0.3, 0.4) is 0 Å². The molecule has 0 amide bonds. The van der Waals surface area contributed by atoms with E-state index in [0.29, 0.717) is 90.6 Å². The lowest BCUT2D eigenvalue weighted by Gasteiger charge is -2.13. The van der Waals surface area contributed by atoms with Gasteiger partial charge in [-0.3, -0.25) is 0 Å². The fourth-order valence-corrected chi connectivity index (χ4v) is 14.0. The Labute approximate surface area is 808 Å². The average molecular weight is 2050 g/mol. The zero-order chi connectivity index (χ0) is 104. The summed E-state index contributed by atoms with van der Waals surface area (Å²) >= 11 is 0. The molecule has 0 atom stereocenters. The molecule has 0 aliphatic carbocycles. The highest BCUT2D eigenvalue weighted by molar-refractivity contribution is 5.92. The van der Waals surface area contributed by atoms with Crippen LogP contribution >= 0.6 is 0 Å². The van der Waals surface area contributed by atoms with E-state index >= 15 is 0 Å². The number of alkyl halides is 14. The molecule has 1 aliphatic rings. The van der Waals surface area contributed by atoms with Gasteiger partial charge in [-0.2, -0.15) is 13.2 Å². The van der Waals surface area contributed by atoms with Crippen molar-refractivity contribution in [2.45, 2.75) is 78.4 Å². The Morgan fingerprint density at radius 3 is 0.918 bits per heavy atom. The van der Waals surface area contributed by atoms with E-state index < -0.39 is 77.8 Å². The first-order chi connectivity index (χ1) is 70.3. The third-order valence-corrected chi connectivity index (χ3v) is 20.5. The van der Waals surface area contributed by atoms with Crippen LogP contribution in [0.25, 0.3) is 110 Å². The Bertz CT molecular complexity index is 8090. The van der Waals surface area contributed by atoms with Crippen molar-refractivity contribution in [1.29, 1.82) is 0 Å². The van der Waals surface area contributed by atoms with Crippen LogP contribution in [0.15, 0.2) is 273 Å². The van der Waals surface area contributed by atoms with Crippen molar-refractivity contribution in [3.63, 3.8) is 0 Å². The van der Waals surface area contributed by atoms with Gasteiger partial charge in [-0.15, -0.1) is 48.3 Å². The monoisotopic (exact) mass is 2050 g/mol. The van der Waals surface area contributed by atoms with Crippen molar-refractivity contribution in [3.8, 4) is 114 Å². The zero-order valence-electron chi connectivity index (χ0n) is 74.1. The van der Waals surface area contributed by atoms with E-state index in [9.17, 15) is 87.8 Å². The van der Waals surface area contributed by atoms with Crippen molar-refractivity contribution >= 4 is 54.8 Å². The summed E-state index contributed by atoms with van der Waals surface area (Å²) in [6.07, 6.45) is -7.32. The third-order valence-electron chi connectivity index (χ3n) is 20.5. The Hall–Kier alpha value is -18.5. The van der Waals surface area contributed by atoms with Gasteiger partial charge < -0.3 is 70.0 Å². The predicted octanol–water partition coefficient (Wildman–Crippen LogP) is 24.8. The van der Waals surface area contributed by atoms with Crippen LogP contribution in [-0.2, 0) is 39.2 Å². The van der Waals surface area contributed by atoms with Gasteiger partial charge in [-0.1, -0.05) is 36.4 Å². The topological polar surface area (TPSA) is 351 Å². The molecule has 0 radical (unpaired) electrons. The summed E-state index contributed by atoms with van der Waals surface area (Å²) in [4.78, 5) is 40.2. The first kappa shape index (κ1) is 100. The van der Waals surface area contributed by atoms with Gasteiger partial charge in [0.15, 0.2) is 68.5 Å². The first-order valence-corrected chi connectivity index (χ1v) is 42.1. The van der Waals surface area contributed by atoms with E-state index in [-0.39, 0.29) is 158 Å². The Morgan fingerprint density at radius 1 is 0.272 bits per heavy atom. The van der Waals surface area contributed by atoms with Crippen molar-refractivity contribution in [1.82, 2.24) is 75.6 Å². The predicted molar refractivity (Wildman–Crippen MR) is 470 cm³/mol. The number of fused-ring (bicyclic) bond motifs is 6. The number of hydrogen-bond donors (Lipinski definition) is 0. The molecule has 10 aromatic carbocycles. The number of aromatic nitrogens is 15. The second-order valence-corrected chi connectivity index (χ2v) is 30.5. The Morgan fingerprint density at radius 2 is 0.571 bits per heavy atom. The second-order valence-electron chi connectivity index (χ2n) is 30.5. The number of nitrogens with zero attached hydrogens (tertiary/aromatic N) is 15. The average Bonchev–Trinajstić information content (AvgIpc) is 1.65. The number of hydrogen-bond acceptors (Lipinski definition) is 30. The molecule has 147 heavy (non-hydrogen) atoms. The molecule has 1 aliphatic heterocycles. The zero-order valence-corrected chi connectivity index (χ0v) is 74.1. The van der Waals surface area contributed by atoms with E-state index in [0.717, 1.165) is 60.7 Å². The molecule has 0 saturated heterocycles. The number of halogens is 20. The minimum atomic E-state index is -4.81. The summed E-state index contributed by atoms with van der Waals surface area (Å²) in [5.74, 6) is -3.53. The largest absolute Gasteiger partial charge is 0.586 e. The summed E-state index contributed by atoms with van der Waals surface area (Å²) in [7, 11) is 0. The lowest BCUT2D eigenvalue weighted by molar-refractivity contribution is -0.287. The molecule has 10 aromatic heterocycles. The minimum absolute atomic E-state index is 0.0129. The molecular weight excluding hydrogens is 2000 g/mol. The van der Waals surface area contributed by atoms with Gasteiger partial charge in [0.05, 0.1) is 32.5 Å². The van der Waals surface area contributed by atoms with Gasteiger partial charge in [0.1, 0.15) is 85.2 Å². The number of ether oxygens (including phenoxy) is 10. The highest BCUT2D eigenvalue weighted by Crippen LogP contribution is 2.47. The van der Waals surface area contributed by atoms with Crippen molar-refractivity contribution in [3.05, 3.63) is 331 Å². The molecule has 11 heterocycles. The lowest BCUT2D eigenvalue weighted by atomic mass is 9.98. The standard InChI is InChI=1S/2C20H13F4N3O3.C19H10F5N3O2.C19H11F4N3O3.C19H10F3N3O4/c1-11-7-12(3-4-16(11)29-20(22,23)24)13-8-14-17(9-15(13)21)30-27-19(14)28-10-18-25-5-2-6-26-18;1-11-7-12(29-20(22,23)24)3-4-13(11)14-8-15-17(9-16(14)21)30-27-19(15)28-10-18-25-5-2-6-26-18;20-14-6-10(19(22,23)24)2-3-11(14)12-7-13-16(8-15(12)21)29-27-18(13)28-9-17-25-4-1-5-26-17;20-15-9-16-14(18(26-29-16)27-10-17-24-6-1-7-25-17)8-13(15)11-2-4-12(5-3-11)28-19(21,22)23;20-13-8-15-12(18(25-29-15)26-9-17-23-4-1-5-24-17)7-11(13)10-2-3-14-16(6-10)28-19(21,22)27-14/h2*2-9H,10H2,1H3;1-8H,9H2;1-9H,10H2;1-8H,9H2. The van der Waals surface area contributed by atoms with E-state index in [1.165, 1.54) is 104 Å². The van der Waals surface area contributed by atoms with Gasteiger partial charge in [0.25, 0.3) is 29.4 Å². The molecule has 50 heteroatoms. The smallest absolute Gasteiger partial charge is 0.467 e. The molecule has 0 saturated carbocycles. The van der Waals surface area contributed by atoms with Gasteiger partial charge in [-0.25, -0.2) is 76.2 Å². The Balaban J connectivity index is 0.000000126. The number of benzene rings is 10. The molecule has 0 spiro atoms. The third kappa shape index (κ3) is 24.8. The van der Waals surface area contributed by atoms with Crippen LogP contribution in [0.4, 0.5) is 87.8 Å². The molecule has 750 valence electrons. The normalized spacial score (nSPS) is 12.2. The lowest BCUT2D eigenvalue weighted by Crippen LogP contribution is -2.25. The maximum Gasteiger partial charge on any atom is 0.586 e. The number of rotatable bonds is 23. The van der Waals surface area contributed by atoms with Crippen LogP contribution in [-0.4, -0.2) is 101 Å². The van der Waals surface area contributed by atoms with Gasteiger partial charge in [0, 0.05) is 126 Å². The fourth-order valence-electron chi connectivity index (χ4n) is 14.0. The van der Waals surface area contributed by atoms with Crippen LogP contribution < -0.4 is 47.4 Å². The van der Waals surface area contributed by atoms with Crippen LogP contribution in [0.2, 0.25) is 0 Å². The minimum Gasteiger partial charge on any atom is -0.467 e. The van der Waals surface area contributed by atoms with Crippen molar-refractivity contribution in [2.75, 3.05) is 0 Å². The quantitative estimate of drug-likeness (QED) is 0.0537. The summed E-state index contributed by atoms with van der Waals surface area (Å²) in [6.45, 7) is 3.06. The maximum atomic E-state index is 14.7. The summed E-state index contributed by atoms with van der Waals surface area (Å²) in [5.41, 5.74) is 1.49.